The Kier molecular flexibility index (Phi) is 30.3. The maximum Gasteiger partial charge on any atom is 0.437 e. The van der Waals surface area contributed by atoms with Crippen LogP contribution in [0.15, 0.2) is 165 Å². The molecule has 6 aliphatic rings. The van der Waals surface area contributed by atoms with Crippen LogP contribution < -0.4 is 29.4 Å². The number of anilines is 6. The van der Waals surface area contributed by atoms with Gasteiger partial charge < -0.3 is 57.4 Å². The molecule has 0 unspecified atom stereocenters. The highest BCUT2D eigenvalue weighted by molar-refractivity contribution is 5.98. The van der Waals surface area contributed by atoms with Gasteiger partial charge in [0.2, 0.25) is 52.4 Å². The monoisotopic (exact) mass is 1820 g/mol. The maximum absolute atomic E-state index is 14.0. The first-order valence-corrected chi connectivity index (χ1v) is 44.0. The molecule has 36 heteroatoms. The van der Waals surface area contributed by atoms with Crippen LogP contribution in [0.1, 0.15) is 164 Å². The molecule has 6 aliphatic heterocycles. The van der Waals surface area contributed by atoms with Gasteiger partial charge in [0.1, 0.15) is 34.9 Å². The van der Waals surface area contributed by atoms with Crippen LogP contribution in [-0.2, 0) is 71.4 Å². The van der Waals surface area contributed by atoms with Gasteiger partial charge in [-0.2, -0.15) is 54.5 Å². The number of hydrogen-bond acceptors (Lipinski definition) is 21. The van der Waals surface area contributed by atoms with Gasteiger partial charge in [-0.3, -0.25) is 28.8 Å². The Morgan fingerprint density at radius 3 is 0.939 bits per heavy atom. The highest BCUT2D eigenvalue weighted by Gasteiger charge is 2.46. The predicted molar refractivity (Wildman–Crippen MR) is 464 cm³/mol. The van der Waals surface area contributed by atoms with Crippen molar-refractivity contribution < 1.29 is 94.7 Å². The lowest BCUT2D eigenvalue weighted by Crippen LogP contribution is -2.49. The molecule has 6 aromatic heterocycles. The van der Waals surface area contributed by atoms with E-state index < -0.39 is 87.7 Å². The van der Waals surface area contributed by atoms with Crippen LogP contribution in [-0.4, -0.2) is 197 Å². The third kappa shape index (κ3) is 24.3. The lowest BCUT2D eigenvalue weighted by atomic mass is 9.89. The van der Waals surface area contributed by atoms with E-state index in [4.69, 9.17) is 13.3 Å². The summed E-state index contributed by atoms with van der Waals surface area (Å²) in [6.07, 6.45) is -4.20. The zero-order valence-electron chi connectivity index (χ0n) is 72.7. The number of carbonyl (C=O) groups is 6. The van der Waals surface area contributed by atoms with Crippen LogP contribution in [0.3, 0.4) is 0 Å². The van der Waals surface area contributed by atoms with Gasteiger partial charge in [0.05, 0.1) is 19.3 Å². The summed E-state index contributed by atoms with van der Waals surface area (Å²) in [6.45, 7) is 15.0. The zero-order valence-corrected chi connectivity index (χ0v) is 72.7. The number of piperidine rings is 3. The number of rotatable bonds is 24. The van der Waals surface area contributed by atoms with E-state index in [9.17, 15) is 81.5 Å². The van der Waals surface area contributed by atoms with Crippen LogP contribution in [0.5, 0.6) is 0 Å². The molecular formula is C95H101F12N15O9. The van der Waals surface area contributed by atoms with E-state index >= 15 is 0 Å². The molecule has 0 bridgehead atoms. The molecule has 6 fully saturated rings. The Hall–Kier alpha value is -12.7. The van der Waals surface area contributed by atoms with E-state index in [2.05, 4.69) is 68.0 Å². The Balaban J connectivity index is 0.000000159. The molecule has 131 heavy (non-hydrogen) atoms. The van der Waals surface area contributed by atoms with Gasteiger partial charge in [-0.05, 0) is 139 Å². The number of aryl methyl sites for hydroxylation is 1. The van der Waals surface area contributed by atoms with Gasteiger partial charge in [0, 0.05) is 156 Å². The fourth-order valence-corrected chi connectivity index (χ4v) is 17.0. The summed E-state index contributed by atoms with van der Waals surface area (Å²) in [5.41, 5.74) is 0.837. The van der Waals surface area contributed by atoms with Gasteiger partial charge >= 0.3 is 18.5 Å². The number of hydrogen-bond donors (Lipinski definition) is 0. The SMILES string of the molecule is CC1CCN(c2nc(C(F)(F)F)c(C(=O)Cc3ccc(N4CCN(C(=O)Cc5ccccc5F)CC4)nc3)o2)CC1.CCCC1CCN(c2nc(C(F)(F)F)c(C(=O)Cc3ccc(N4CCN(C(=O)Cc5ccccc5F)CC4)nc3)o2)CC1.Cc1ccc(C2CCN(c3nc(C(F)(F)F)c(C(=O)Cc4ccc(N5CCN(C(=O)Cc6ccccc6F)CC5)nc4)o3)CC2)cc1. The normalized spacial score (nSPS) is 16.4. The van der Waals surface area contributed by atoms with Crippen molar-refractivity contribution >= 4 is 70.6 Å². The molecule has 10 aromatic rings. The minimum Gasteiger partial charge on any atom is -0.420 e. The molecule has 12 heterocycles. The Labute approximate surface area is 749 Å². The smallest absolute Gasteiger partial charge is 0.420 e. The fourth-order valence-electron chi connectivity index (χ4n) is 17.0. The van der Waals surface area contributed by atoms with E-state index in [1.165, 1.54) is 42.4 Å². The van der Waals surface area contributed by atoms with Crippen molar-refractivity contribution in [3.8, 4) is 0 Å². The van der Waals surface area contributed by atoms with Crippen molar-refractivity contribution in [3.05, 3.63) is 248 Å². The molecule has 0 saturated carbocycles. The summed E-state index contributed by atoms with van der Waals surface area (Å²) in [6, 6.07) is 36.4. The van der Waals surface area contributed by atoms with Crippen molar-refractivity contribution in [1.82, 2.24) is 44.6 Å². The first-order chi connectivity index (χ1) is 62.7. The van der Waals surface area contributed by atoms with E-state index in [0.29, 0.717) is 180 Å². The summed E-state index contributed by atoms with van der Waals surface area (Å²) < 4.78 is 183. The van der Waals surface area contributed by atoms with Crippen molar-refractivity contribution in [2.24, 2.45) is 11.8 Å². The second kappa shape index (κ2) is 42.1. The van der Waals surface area contributed by atoms with Gasteiger partial charge in [-0.25, -0.2) is 28.1 Å². The van der Waals surface area contributed by atoms with Crippen LogP contribution in [0, 0.1) is 36.2 Å². The average Bonchev–Trinajstić information content (AvgIpc) is 1.65. The molecule has 4 aromatic carbocycles. The molecule has 24 nitrogen and oxygen atoms in total. The summed E-state index contributed by atoms with van der Waals surface area (Å²) in [4.78, 5) is 117. The van der Waals surface area contributed by atoms with Gasteiger partial charge in [-0.15, -0.1) is 0 Å². The summed E-state index contributed by atoms with van der Waals surface area (Å²) in [5, 5.41) is 0. The highest BCUT2D eigenvalue weighted by Crippen LogP contribution is 2.41. The lowest BCUT2D eigenvalue weighted by molar-refractivity contribution is -0.142. The zero-order chi connectivity index (χ0) is 92.8. The van der Waals surface area contributed by atoms with E-state index in [1.54, 1.807) is 120 Å². The molecule has 0 aliphatic carbocycles. The standard InChI is InChI=1S/C35H35F4N5O3.C31H35F4N5O3.C29H31F4N5O3/c1-23-6-9-25(10-7-23)26-12-14-44(15-13-26)34-41-33(35(37,38)39)32(47-34)29(45)20-24-8-11-30(40-22-24)42-16-18-43(19-17-42)31(46)21-27-4-2-3-5-28(27)36;1-2-5-21-10-12-40(13-11-21)30-37-29(31(33,34)35)28(43-30)25(41)18-22-8-9-26(36-20-22)38-14-16-39(17-15-38)27(42)19-23-6-3-4-7-24(23)32;1-19-8-10-38(11-9-19)28-35-27(29(31,32)33)26(41-28)23(39)16-20-6-7-24(34-18-20)36-12-14-37(15-13-36)25(40)17-21-4-2-3-5-22(21)30/h2-11,22,26H,12-21H2,1H3;3-4,6-9,20-21H,2,5,10-19H2,1H3;2-7,18-19H,8-17H2,1H3. The molecule has 0 atom stereocenters. The first-order valence-electron chi connectivity index (χ1n) is 44.0. The Morgan fingerprint density at radius 1 is 0.359 bits per heavy atom. The lowest BCUT2D eigenvalue weighted by Gasteiger charge is -2.35. The van der Waals surface area contributed by atoms with Crippen molar-refractivity contribution in [3.63, 3.8) is 0 Å². The third-order valence-electron chi connectivity index (χ3n) is 24.7. The summed E-state index contributed by atoms with van der Waals surface area (Å²) >= 11 is 0. The quantitative estimate of drug-likeness (QED) is 0.0403. The van der Waals surface area contributed by atoms with Crippen LogP contribution in [0.2, 0.25) is 0 Å². The number of halogens is 12. The molecule has 0 N–H and O–H groups in total. The molecule has 6 saturated heterocycles. The number of amides is 3. The van der Waals surface area contributed by atoms with Crippen LogP contribution in [0.25, 0.3) is 0 Å². The molecule has 0 spiro atoms. The highest BCUT2D eigenvalue weighted by atomic mass is 19.4. The summed E-state index contributed by atoms with van der Waals surface area (Å²) in [5.74, 6) is -3.34. The number of Topliss-reactive ketones (excluding diaryl/α,β-unsaturated/α-hetero) is 3. The number of ketones is 3. The fraction of sp³-hybridized carbons (Fsp3) is 0.432. The largest absolute Gasteiger partial charge is 0.437 e. The number of carbonyl (C=O) groups excluding carboxylic acids is 6. The van der Waals surface area contributed by atoms with Crippen molar-refractivity contribution in [1.29, 1.82) is 0 Å². The van der Waals surface area contributed by atoms with E-state index in [-0.39, 0.29) is 80.2 Å². The Morgan fingerprint density at radius 2 is 0.656 bits per heavy atom. The van der Waals surface area contributed by atoms with Gasteiger partial charge in [-0.1, -0.05) is 129 Å². The minimum absolute atomic E-state index is 0.00611. The van der Waals surface area contributed by atoms with Gasteiger partial charge in [0.15, 0.2) is 17.1 Å². The molecular weight excluding hydrogens is 1720 g/mol. The van der Waals surface area contributed by atoms with Crippen molar-refractivity contribution in [2.75, 3.05) is 147 Å². The number of aromatic nitrogens is 6. The maximum atomic E-state index is 14.0. The first kappa shape index (κ1) is 94.5. The van der Waals surface area contributed by atoms with Crippen LogP contribution >= 0.6 is 0 Å². The van der Waals surface area contributed by atoms with E-state index in [0.717, 1.165) is 56.9 Å². The number of benzene rings is 4. The summed E-state index contributed by atoms with van der Waals surface area (Å²) in [7, 11) is 0. The van der Waals surface area contributed by atoms with Crippen molar-refractivity contribution in [2.45, 2.75) is 135 Å². The number of pyridine rings is 3. The second-order valence-electron chi connectivity index (χ2n) is 33.9. The average molecular weight is 1820 g/mol. The number of piperazine rings is 3. The molecule has 16 rings (SSSR count). The number of alkyl halides is 9. The van der Waals surface area contributed by atoms with Gasteiger partial charge in [0.25, 0.3) is 18.0 Å². The third-order valence-corrected chi connectivity index (χ3v) is 24.7. The Bertz CT molecular complexity index is 5570. The minimum atomic E-state index is -4.85. The van der Waals surface area contributed by atoms with Crippen LogP contribution in [0.4, 0.5) is 88.2 Å². The van der Waals surface area contributed by atoms with E-state index in [1.807, 2.05) is 21.6 Å². The number of oxazole rings is 3. The second-order valence-corrected chi connectivity index (χ2v) is 33.9. The topological polar surface area (TPSA) is 248 Å². The predicted octanol–water partition coefficient (Wildman–Crippen LogP) is 16.6. The molecule has 694 valence electrons. The number of nitrogens with zero attached hydrogens (tertiary/aromatic N) is 15. The molecule has 0 radical (unpaired) electrons. The molecule has 3 amide bonds.